The molecule has 102 valence electrons. The van der Waals surface area contributed by atoms with Crippen LogP contribution in [0.4, 0.5) is 5.69 Å². The zero-order chi connectivity index (χ0) is 14.7. The van der Waals surface area contributed by atoms with Gasteiger partial charge < -0.3 is 15.6 Å². The summed E-state index contributed by atoms with van der Waals surface area (Å²) in [6.45, 7) is 0. The summed E-state index contributed by atoms with van der Waals surface area (Å²) in [5.41, 5.74) is 6.86. The van der Waals surface area contributed by atoms with Crippen molar-refractivity contribution in [3.8, 4) is 0 Å². The van der Waals surface area contributed by atoms with Crippen molar-refractivity contribution in [1.82, 2.24) is 4.98 Å². The van der Waals surface area contributed by atoms with Gasteiger partial charge in [-0.05, 0) is 30.3 Å². The Kier molecular flexibility index (Phi) is 3.95. The quantitative estimate of drug-likeness (QED) is 0.834. The van der Waals surface area contributed by atoms with Gasteiger partial charge in [0.15, 0.2) is 0 Å². The number of aromatic amines is 1. The van der Waals surface area contributed by atoms with Crippen LogP contribution in [0, 0.1) is 0 Å². The van der Waals surface area contributed by atoms with E-state index in [9.17, 15) is 9.59 Å². The predicted octanol–water partition coefficient (Wildman–Crippen LogP) is 1.29. The fourth-order valence-electron chi connectivity index (χ4n) is 1.72. The fourth-order valence-corrected chi connectivity index (χ4v) is 1.86. The SMILES string of the molecule is CN(C(=O)c1cccc(=O)[nH]1)c1ccc(C(N)=S)cc1. The molecule has 0 radical (unpaired) electrons. The topological polar surface area (TPSA) is 79.2 Å². The largest absolute Gasteiger partial charge is 0.389 e. The summed E-state index contributed by atoms with van der Waals surface area (Å²) < 4.78 is 0. The molecule has 0 aliphatic carbocycles. The van der Waals surface area contributed by atoms with Gasteiger partial charge in [-0.15, -0.1) is 0 Å². The Balaban J connectivity index is 2.26. The van der Waals surface area contributed by atoms with Crippen LogP contribution in [0.2, 0.25) is 0 Å². The highest BCUT2D eigenvalue weighted by Crippen LogP contribution is 2.15. The summed E-state index contributed by atoms with van der Waals surface area (Å²) in [6, 6.07) is 11.4. The number of carbonyl (C=O) groups excluding carboxylic acids is 1. The third-order valence-corrected chi connectivity index (χ3v) is 3.08. The lowest BCUT2D eigenvalue weighted by Gasteiger charge is -2.17. The second-order valence-corrected chi connectivity index (χ2v) is 4.64. The van der Waals surface area contributed by atoms with E-state index in [0.29, 0.717) is 10.7 Å². The molecule has 0 aliphatic rings. The number of hydrogen-bond donors (Lipinski definition) is 2. The fraction of sp³-hybridized carbons (Fsp3) is 0.0714. The molecule has 1 aromatic heterocycles. The summed E-state index contributed by atoms with van der Waals surface area (Å²) in [4.78, 5) is 27.7. The van der Waals surface area contributed by atoms with Gasteiger partial charge in [0.05, 0.1) is 0 Å². The molecule has 2 rings (SSSR count). The van der Waals surface area contributed by atoms with Crippen LogP contribution in [0.1, 0.15) is 16.1 Å². The van der Waals surface area contributed by atoms with Gasteiger partial charge in [0.2, 0.25) is 5.56 Å². The van der Waals surface area contributed by atoms with E-state index in [-0.39, 0.29) is 17.2 Å². The molecular formula is C14H13N3O2S. The number of hydrogen-bond acceptors (Lipinski definition) is 3. The molecule has 0 saturated heterocycles. The molecule has 20 heavy (non-hydrogen) atoms. The molecule has 5 nitrogen and oxygen atoms in total. The second-order valence-electron chi connectivity index (χ2n) is 4.20. The third-order valence-electron chi connectivity index (χ3n) is 2.84. The monoisotopic (exact) mass is 287 g/mol. The summed E-state index contributed by atoms with van der Waals surface area (Å²) in [6.07, 6.45) is 0. The average Bonchev–Trinajstić information content (AvgIpc) is 2.46. The van der Waals surface area contributed by atoms with Gasteiger partial charge in [0.1, 0.15) is 10.7 Å². The Morgan fingerprint density at radius 2 is 1.85 bits per heavy atom. The number of nitrogens with zero attached hydrogens (tertiary/aromatic N) is 1. The van der Waals surface area contributed by atoms with E-state index in [0.717, 1.165) is 5.56 Å². The van der Waals surface area contributed by atoms with E-state index in [1.165, 1.54) is 17.0 Å². The predicted molar refractivity (Wildman–Crippen MR) is 82.1 cm³/mol. The molecule has 0 atom stereocenters. The van der Waals surface area contributed by atoms with E-state index in [2.05, 4.69) is 4.98 Å². The van der Waals surface area contributed by atoms with Crippen molar-refractivity contribution in [2.45, 2.75) is 0 Å². The minimum absolute atomic E-state index is 0.235. The van der Waals surface area contributed by atoms with Crippen molar-refractivity contribution in [3.05, 3.63) is 64.1 Å². The summed E-state index contributed by atoms with van der Waals surface area (Å²) >= 11 is 4.87. The molecule has 1 amide bonds. The molecule has 3 N–H and O–H groups in total. The Morgan fingerprint density at radius 3 is 2.40 bits per heavy atom. The van der Waals surface area contributed by atoms with E-state index in [4.69, 9.17) is 18.0 Å². The van der Waals surface area contributed by atoms with Crippen molar-refractivity contribution < 1.29 is 4.79 Å². The molecule has 0 saturated carbocycles. The minimum Gasteiger partial charge on any atom is -0.389 e. The number of thiocarbonyl (C=S) groups is 1. The van der Waals surface area contributed by atoms with Gasteiger partial charge in [0.25, 0.3) is 5.91 Å². The molecular weight excluding hydrogens is 274 g/mol. The number of nitrogens with two attached hydrogens (primary N) is 1. The first-order chi connectivity index (χ1) is 9.49. The highest BCUT2D eigenvalue weighted by Gasteiger charge is 2.14. The minimum atomic E-state index is -0.312. The van der Waals surface area contributed by atoms with E-state index in [1.54, 1.807) is 37.4 Å². The number of amides is 1. The van der Waals surface area contributed by atoms with Crippen molar-refractivity contribution in [3.63, 3.8) is 0 Å². The summed E-state index contributed by atoms with van der Waals surface area (Å²) in [5, 5.41) is 0. The molecule has 0 fully saturated rings. The first-order valence-corrected chi connectivity index (χ1v) is 6.27. The molecule has 0 aliphatic heterocycles. The van der Waals surface area contributed by atoms with Crippen LogP contribution in [-0.2, 0) is 0 Å². The molecule has 0 unspecified atom stereocenters. The number of aromatic nitrogens is 1. The maximum Gasteiger partial charge on any atom is 0.274 e. The van der Waals surface area contributed by atoms with Crippen molar-refractivity contribution in [2.75, 3.05) is 11.9 Å². The number of pyridine rings is 1. The average molecular weight is 287 g/mol. The number of H-pyrrole nitrogens is 1. The van der Waals surface area contributed by atoms with Gasteiger partial charge in [-0.25, -0.2) is 0 Å². The van der Waals surface area contributed by atoms with Crippen molar-refractivity contribution in [1.29, 1.82) is 0 Å². The lowest BCUT2D eigenvalue weighted by molar-refractivity contribution is 0.0988. The molecule has 6 heteroatoms. The normalized spacial score (nSPS) is 10.1. The molecule has 1 aromatic carbocycles. The van der Waals surface area contributed by atoms with Gasteiger partial charge >= 0.3 is 0 Å². The van der Waals surface area contributed by atoms with Crippen LogP contribution in [-0.4, -0.2) is 22.9 Å². The van der Waals surface area contributed by atoms with Gasteiger partial charge in [-0.2, -0.15) is 0 Å². The van der Waals surface area contributed by atoms with Crippen LogP contribution in [0.5, 0.6) is 0 Å². The Hall–Kier alpha value is -2.47. The molecule has 2 aromatic rings. The third kappa shape index (κ3) is 2.92. The number of carbonyl (C=O) groups is 1. The first-order valence-electron chi connectivity index (χ1n) is 5.86. The van der Waals surface area contributed by atoms with Gasteiger partial charge in [-0.1, -0.05) is 18.3 Å². The van der Waals surface area contributed by atoms with Crippen molar-refractivity contribution >= 4 is 28.8 Å². The summed E-state index contributed by atoms with van der Waals surface area (Å²) in [7, 11) is 1.63. The molecule has 0 spiro atoms. The summed E-state index contributed by atoms with van der Waals surface area (Å²) in [5.74, 6) is -0.300. The Bertz CT molecular complexity index is 707. The van der Waals surface area contributed by atoms with Crippen molar-refractivity contribution in [2.24, 2.45) is 5.73 Å². The zero-order valence-corrected chi connectivity index (χ0v) is 11.6. The molecule has 1 heterocycles. The highest BCUT2D eigenvalue weighted by molar-refractivity contribution is 7.80. The van der Waals surface area contributed by atoms with Crippen LogP contribution in [0.15, 0.2) is 47.3 Å². The number of benzene rings is 1. The van der Waals surface area contributed by atoms with Gasteiger partial charge in [0, 0.05) is 24.4 Å². The maximum absolute atomic E-state index is 12.2. The number of anilines is 1. The van der Waals surface area contributed by atoms with E-state index < -0.39 is 0 Å². The standard InChI is InChI=1S/C14H13N3O2S/c1-17(10-7-5-9(6-8-10)13(15)20)14(19)11-3-2-4-12(18)16-11/h2-8H,1H3,(H2,15,20)(H,16,18). The van der Waals surface area contributed by atoms with E-state index >= 15 is 0 Å². The first kappa shape index (κ1) is 14.0. The van der Waals surface area contributed by atoms with Crippen LogP contribution in [0.3, 0.4) is 0 Å². The highest BCUT2D eigenvalue weighted by atomic mass is 32.1. The van der Waals surface area contributed by atoms with Gasteiger partial charge in [-0.3, -0.25) is 9.59 Å². The number of nitrogens with one attached hydrogen (secondary N) is 1. The smallest absolute Gasteiger partial charge is 0.274 e. The lowest BCUT2D eigenvalue weighted by Crippen LogP contribution is -2.28. The second kappa shape index (κ2) is 5.66. The maximum atomic E-state index is 12.2. The number of rotatable bonds is 3. The van der Waals surface area contributed by atoms with Crippen LogP contribution < -0.4 is 16.2 Å². The van der Waals surface area contributed by atoms with Crippen LogP contribution in [0.25, 0.3) is 0 Å². The zero-order valence-electron chi connectivity index (χ0n) is 10.8. The lowest BCUT2D eigenvalue weighted by atomic mass is 10.2. The van der Waals surface area contributed by atoms with Crippen LogP contribution >= 0.6 is 12.2 Å². The van der Waals surface area contributed by atoms with E-state index in [1.807, 2.05) is 0 Å². The Labute approximate surface area is 121 Å². The Morgan fingerprint density at radius 1 is 1.20 bits per heavy atom. The molecule has 0 bridgehead atoms.